The standard InChI is InChI=1S/C14H26N2O3.ClH/c1-9(2)7-12(14(18)19-10(3)4)16-13(17)11-5-6-15-8-11;/h9-12,15H,5-8H2,1-4H3,(H,16,17);1H/t11?,12-;/m0./s1. The first-order valence-corrected chi connectivity index (χ1v) is 7.11. The van der Waals surface area contributed by atoms with Gasteiger partial charge in [-0.25, -0.2) is 4.79 Å². The topological polar surface area (TPSA) is 67.4 Å². The number of hydrogen-bond donors (Lipinski definition) is 2. The summed E-state index contributed by atoms with van der Waals surface area (Å²) in [4.78, 5) is 24.1. The zero-order valence-electron chi connectivity index (χ0n) is 12.8. The molecule has 1 fully saturated rings. The van der Waals surface area contributed by atoms with Gasteiger partial charge in [0.05, 0.1) is 12.0 Å². The Labute approximate surface area is 127 Å². The van der Waals surface area contributed by atoms with Crippen LogP contribution in [-0.2, 0) is 14.3 Å². The molecule has 0 aromatic rings. The minimum atomic E-state index is -0.532. The molecule has 0 aliphatic carbocycles. The lowest BCUT2D eigenvalue weighted by molar-refractivity contribution is -0.152. The maximum absolute atomic E-state index is 12.1. The minimum absolute atomic E-state index is 0. The Hall–Kier alpha value is -0.810. The number of rotatable bonds is 6. The van der Waals surface area contributed by atoms with E-state index in [0.29, 0.717) is 18.9 Å². The fourth-order valence-corrected chi connectivity index (χ4v) is 2.17. The maximum atomic E-state index is 12.1. The Bertz CT molecular complexity index is 316. The van der Waals surface area contributed by atoms with Gasteiger partial charge in [-0.1, -0.05) is 13.8 Å². The molecule has 0 radical (unpaired) electrons. The molecule has 1 saturated heterocycles. The van der Waals surface area contributed by atoms with E-state index >= 15 is 0 Å². The SMILES string of the molecule is CC(C)C[C@H](NC(=O)C1CCNC1)C(=O)OC(C)C.Cl. The number of hydrogen-bond acceptors (Lipinski definition) is 4. The molecule has 0 spiro atoms. The zero-order valence-corrected chi connectivity index (χ0v) is 13.6. The summed E-state index contributed by atoms with van der Waals surface area (Å²) in [5.41, 5.74) is 0. The molecule has 0 aromatic carbocycles. The highest BCUT2D eigenvalue weighted by molar-refractivity contribution is 5.86. The smallest absolute Gasteiger partial charge is 0.328 e. The van der Waals surface area contributed by atoms with E-state index in [4.69, 9.17) is 4.74 Å². The highest BCUT2D eigenvalue weighted by atomic mass is 35.5. The fourth-order valence-electron chi connectivity index (χ4n) is 2.17. The van der Waals surface area contributed by atoms with Gasteiger partial charge in [-0.3, -0.25) is 4.79 Å². The van der Waals surface area contributed by atoms with Crippen LogP contribution in [0.2, 0.25) is 0 Å². The van der Waals surface area contributed by atoms with E-state index in [1.807, 2.05) is 27.7 Å². The second-order valence-corrected chi connectivity index (χ2v) is 5.87. The van der Waals surface area contributed by atoms with Crippen molar-refractivity contribution >= 4 is 24.3 Å². The second-order valence-electron chi connectivity index (χ2n) is 5.87. The van der Waals surface area contributed by atoms with Crippen molar-refractivity contribution in [2.24, 2.45) is 11.8 Å². The van der Waals surface area contributed by atoms with Gasteiger partial charge in [0.25, 0.3) is 0 Å². The summed E-state index contributed by atoms with van der Waals surface area (Å²) in [6.45, 7) is 9.24. The molecular formula is C14H27ClN2O3. The van der Waals surface area contributed by atoms with Crippen LogP contribution in [0, 0.1) is 11.8 Å². The predicted molar refractivity (Wildman–Crippen MR) is 80.8 cm³/mol. The summed E-state index contributed by atoms with van der Waals surface area (Å²) < 4.78 is 5.21. The van der Waals surface area contributed by atoms with Gasteiger partial charge in [0.1, 0.15) is 6.04 Å². The van der Waals surface area contributed by atoms with Crippen molar-refractivity contribution in [1.29, 1.82) is 0 Å². The van der Waals surface area contributed by atoms with E-state index in [-0.39, 0.29) is 36.3 Å². The fraction of sp³-hybridized carbons (Fsp3) is 0.857. The number of amides is 1. The van der Waals surface area contributed by atoms with Crippen LogP contribution in [0.3, 0.4) is 0 Å². The quantitative estimate of drug-likeness (QED) is 0.730. The second kappa shape index (κ2) is 9.19. The largest absolute Gasteiger partial charge is 0.461 e. The van der Waals surface area contributed by atoms with E-state index in [1.165, 1.54) is 0 Å². The van der Waals surface area contributed by atoms with Crippen LogP contribution in [0.1, 0.15) is 40.5 Å². The molecule has 1 aliphatic heterocycles. The molecule has 1 heterocycles. The molecule has 6 heteroatoms. The van der Waals surface area contributed by atoms with E-state index in [1.54, 1.807) is 0 Å². The molecule has 0 aromatic heterocycles. The summed E-state index contributed by atoms with van der Waals surface area (Å²) in [5, 5.41) is 5.99. The lowest BCUT2D eigenvalue weighted by Gasteiger charge is -2.22. The number of halogens is 1. The molecule has 2 atom stereocenters. The van der Waals surface area contributed by atoms with Crippen LogP contribution in [0.15, 0.2) is 0 Å². The predicted octanol–water partition coefficient (Wildman–Crippen LogP) is 1.50. The molecule has 1 aliphatic rings. The van der Waals surface area contributed by atoms with Gasteiger partial charge in [0.15, 0.2) is 0 Å². The number of carbonyl (C=O) groups is 2. The number of nitrogens with one attached hydrogen (secondary N) is 2. The highest BCUT2D eigenvalue weighted by Crippen LogP contribution is 2.12. The molecule has 2 N–H and O–H groups in total. The summed E-state index contributed by atoms with van der Waals surface area (Å²) in [5.74, 6) is -0.0763. The third kappa shape index (κ3) is 6.57. The van der Waals surface area contributed by atoms with Crippen LogP contribution in [0.5, 0.6) is 0 Å². The maximum Gasteiger partial charge on any atom is 0.328 e. The number of carbonyl (C=O) groups excluding carboxylic acids is 2. The minimum Gasteiger partial charge on any atom is -0.461 e. The Morgan fingerprint density at radius 1 is 1.30 bits per heavy atom. The van der Waals surface area contributed by atoms with E-state index in [9.17, 15) is 9.59 Å². The lowest BCUT2D eigenvalue weighted by Crippen LogP contribution is -2.46. The molecule has 0 saturated carbocycles. The van der Waals surface area contributed by atoms with E-state index in [0.717, 1.165) is 13.0 Å². The van der Waals surface area contributed by atoms with Crippen LogP contribution < -0.4 is 10.6 Å². The Morgan fingerprint density at radius 3 is 2.40 bits per heavy atom. The Balaban J connectivity index is 0.00000361. The first kappa shape index (κ1) is 19.2. The monoisotopic (exact) mass is 306 g/mol. The number of esters is 1. The molecule has 20 heavy (non-hydrogen) atoms. The first-order chi connectivity index (χ1) is 8.90. The van der Waals surface area contributed by atoms with Gasteiger partial charge in [-0.2, -0.15) is 0 Å². The van der Waals surface area contributed by atoms with Crippen molar-refractivity contribution in [3.05, 3.63) is 0 Å². The van der Waals surface area contributed by atoms with Crippen molar-refractivity contribution in [2.45, 2.75) is 52.7 Å². The van der Waals surface area contributed by atoms with Gasteiger partial charge in [0, 0.05) is 6.54 Å². The van der Waals surface area contributed by atoms with Crippen LogP contribution in [-0.4, -0.2) is 37.1 Å². The summed E-state index contributed by atoms with van der Waals surface area (Å²) >= 11 is 0. The lowest BCUT2D eigenvalue weighted by atomic mass is 10.0. The van der Waals surface area contributed by atoms with Crippen molar-refractivity contribution < 1.29 is 14.3 Å². The summed E-state index contributed by atoms with van der Waals surface area (Å²) in [6, 6.07) is -0.532. The van der Waals surface area contributed by atoms with Gasteiger partial charge < -0.3 is 15.4 Å². The third-order valence-corrected chi connectivity index (χ3v) is 3.09. The molecule has 1 amide bonds. The molecule has 5 nitrogen and oxygen atoms in total. The van der Waals surface area contributed by atoms with Gasteiger partial charge >= 0.3 is 5.97 Å². The van der Waals surface area contributed by atoms with Gasteiger partial charge in [0.2, 0.25) is 5.91 Å². The van der Waals surface area contributed by atoms with Crippen molar-refractivity contribution in [3.63, 3.8) is 0 Å². The first-order valence-electron chi connectivity index (χ1n) is 7.11. The van der Waals surface area contributed by atoms with Gasteiger partial charge in [-0.05, 0) is 39.2 Å². The normalized spacial score (nSPS) is 19.6. The van der Waals surface area contributed by atoms with Crippen LogP contribution in [0.4, 0.5) is 0 Å². The zero-order chi connectivity index (χ0) is 14.4. The molecule has 1 rings (SSSR count). The molecule has 1 unspecified atom stereocenters. The van der Waals surface area contributed by atoms with E-state index in [2.05, 4.69) is 10.6 Å². The van der Waals surface area contributed by atoms with Gasteiger partial charge in [-0.15, -0.1) is 12.4 Å². The van der Waals surface area contributed by atoms with E-state index < -0.39 is 6.04 Å². The molecule has 118 valence electrons. The van der Waals surface area contributed by atoms with Crippen LogP contribution >= 0.6 is 12.4 Å². The summed E-state index contributed by atoms with van der Waals surface area (Å²) in [7, 11) is 0. The van der Waals surface area contributed by atoms with Crippen molar-refractivity contribution in [1.82, 2.24) is 10.6 Å². The molecular weight excluding hydrogens is 280 g/mol. The average Bonchev–Trinajstić information content (AvgIpc) is 2.79. The Kier molecular flexibility index (Phi) is 8.81. The third-order valence-electron chi connectivity index (χ3n) is 3.09. The number of ether oxygens (including phenoxy) is 1. The highest BCUT2D eigenvalue weighted by Gasteiger charge is 2.29. The average molecular weight is 307 g/mol. The molecule has 0 bridgehead atoms. The van der Waals surface area contributed by atoms with Crippen molar-refractivity contribution in [2.75, 3.05) is 13.1 Å². The van der Waals surface area contributed by atoms with Crippen molar-refractivity contribution in [3.8, 4) is 0 Å². The van der Waals surface area contributed by atoms with Crippen LogP contribution in [0.25, 0.3) is 0 Å². The Morgan fingerprint density at radius 2 is 1.95 bits per heavy atom. The summed E-state index contributed by atoms with van der Waals surface area (Å²) in [6.07, 6.45) is 1.28.